The normalized spacial score (nSPS) is 15.8. The summed E-state index contributed by atoms with van der Waals surface area (Å²) in [4.78, 5) is 24.7. The quantitative estimate of drug-likeness (QED) is 0.793. The second-order valence-corrected chi connectivity index (χ2v) is 5.01. The average Bonchev–Trinajstić information content (AvgIpc) is 2.47. The Hall–Kier alpha value is -2.15. The zero-order chi connectivity index (χ0) is 15.4. The molecule has 0 bridgehead atoms. The Labute approximate surface area is 121 Å². The van der Waals surface area contributed by atoms with E-state index >= 15 is 0 Å². The molecule has 114 valence electrons. The van der Waals surface area contributed by atoms with Crippen molar-refractivity contribution >= 4 is 17.7 Å². The van der Waals surface area contributed by atoms with Crippen molar-refractivity contribution in [3.05, 3.63) is 29.6 Å². The van der Waals surface area contributed by atoms with Crippen molar-refractivity contribution in [3.8, 4) is 0 Å². The highest BCUT2D eigenvalue weighted by Gasteiger charge is 2.24. The molecule has 0 radical (unpaired) electrons. The number of amides is 2. The molecule has 3 N–H and O–H groups in total. The first kappa shape index (κ1) is 15.2. The van der Waals surface area contributed by atoms with Crippen LogP contribution in [0.15, 0.2) is 18.2 Å². The molecule has 0 unspecified atom stereocenters. The summed E-state index contributed by atoms with van der Waals surface area (Å²) in [7, 11) is 0. The highest BCUT2D eigenvalue weighted by Crippen LogP contribution is 2.21. The van der Waals surface area contributed by atoms with Crippen molar-refractivity contribution in [3.63, 3.8) is 0 Å². The van der Waals surface area contributed by atoms with E-state index < -0.39 is 23.4 Å². The van der Waals surface area contributed by atoms with Gasteiger partial charge in [-0.1, -0.05) is 6.07 Å². The maximum Gasteiger partial charge on any atom is 0.340 e. The van der Waals surface area contributed by atoms with E-state index in [-0.39, 0.29) is 18.2 Å². The van der Waals surface area contributed by atoms with Crippen LogP contribution in [0.3, 0.4) is 0 Å². The number of hydrogen-bond donors (Lipinski definition) is 3. The Morgan fingerprint density at radius 3 is 2.57 bits per heavy atom. The van der Waals surface area contributed by atoms with E-state index in [1.54, 1.807) is 0 Å². The van der Waals surface area contributed by atoms with Gasteiger partial charge in [0.25, 0.3) is 0 Å². The molecule has 0 aliphatic carbocycles. The molecule has 1 fully saturated rings. The van der Waals surface area contributed by atoms with Gasteiger partial charge in [-0.25, -0.2) is 14.0 Å². The third-order valence-corrected chi connectivity index (χ3v) is 3.63. The number of carbonyl (C=O) groups is 2. The average molecular weight is 296 g/mol. The molecule has 21 heavy (non-hydrogen) atoms. The van der Waals surface area contributed by atoms with Crippen LogP contribution in [0.4, 0.5) is 14.9 Å². The first-order valence-electron chi connectivity index (χ1n) is 6.71. The molecule has 1 aliphatic heterocycles. The van der Waals surface area contributed by atoms with E-state index in [2.05, 4.69) is 5.32 Å². The third kappa shape index (κ3) is 3.49. The van der Waals surface area contributed by atoms with Gasteiger partial charge in [0.2, 0.25) is 0 Å². The Morgan fingerprint density at radius 2 is 2.00 bits per heavy atom. The first-order valence-corrected chi connectivity index (χ1v) is 6.71. The summed E-state index contributed by atoms with van der Waals surface area (Å²) in [6, 6.07) is 3.27. The Kier molecular flexibility index (Phi) is 4.74. The number of nitrogens with zero attached hydrogens (tertiary/aromatic N) is 1. The van der Waals surface area contributed by atoms with Crippen molar-refractivity contribution in [1.82, 2.24) is 4.90 Å². The van der Waals surface area contributed by atoms with Gasteiger partial charge >= 0.3 is 12.0 Å². The number of aromatic carboxylic acids is 1. The number of rotatable bonds is 3. The molecule has 1 aromatic carbocycles. The molecule has 1 heterocycles. The second-order valence-electron chi connectivity index (χ2n) is 5.01. The topological polar surface area (TPSA) is 89.9 Å². The monoisotopic (exact) mass is 296 g/mol. The molecule has 7 heteroatoms. The lowest BCUT2D eigenvalue weighted by Gasteiger charge is -2.31. The van der Waals surface area contributed by atoms with Crippen molar-refractivity contribution in [1.29, 1.82) is 0 Å². The number of carboxylic acids is 1. The fourth-order valence-electron chi connectivity index (χ4n) is 2.36. The van der Waals surface area contributed by atoms with E-state index in [0.29, 0.717) is 25.9 Å². The Bertz CT molecular complexity index is 542. The zero-order valence-electron chi connectivity index (χ0n) is 11.4. The molecule has 0 saturated carbocycles. The van der Waals surface area contributed by atoms with Gasteiger partial charge < -0.3 is 20.4 Å². The van der Waals surface area contributed by atoms with Crippen LogP contribution in [-0.2, 0) is 0 Å². The number of piperidine rings is 1. The van der Waals surface area contributed by atoms with Gasteiger partial charge in [0, 0.05) is 19.7 Å². The SMILES string of the molecule is O=C(O)c1c(F)cccc1NC(=O)N1CCC(CO)CC1. The van der Waals surface area contributed by atoms with Gasteiger partial charge in [-0.15, -0.1) is 0 Å². The molecular weight excluding hydrogens is 279 g/mol. The van der Waals surface area contributed by atoms with E-state index in [1.165, 1.54) is 17.0 Å². The minimum atomic E-state index is -1.43. The van der Waals surface area contributed by atoms with Crippen LogP contribution in [0.1, 0.15) is 23.2 Å². The highest BCUT2D eigenvalue weighted by molar-refractivity contribution is 6.00. The van der Waals surface area contributed by atoms with Crippen molar-refractivity contribution in [2.75, 3.05) is 25.0 Å². The summed E-state index contributed by atoms with van der Waals surface area (Å²) in [6.07, 6.45) is 1.39. The van der Waals surface area contributed by atoms with Crippen LogP contribution >= 0.6 is 0 Å². The number of aliphatic hydroxyl groups excluding tert-OH is 1. The minimum Gasteiger partial charge on any atom is -0.478 e. The van der Waals surface area contributed by atoms with E-state index in [0.717, 1.165) is 6.07 Å². The number of likely N-dealkylation sites (tertiary alicyclic amines) is 1. The van der Waals surface area contributed by atoms with Crippen molar-refractivity contribution in [2.45, 2.75) is 12.8 Å². The van der Waals surface area contributed by atoms with Gasteiger partial charge in [-0.05, 0) is 30.9 Å². The molecule has 0 atom stereocenters. The molecule has 6 nitrogen and oxygen atoms in total. The highest BCUT2D eigenvalue weighted by atomic mass is 19.1. The van der Waals surface area contributed by atoms with Gasteiger partial charge in [0.15, 0.2) is 0 Å². The van der Waals surface area contributed by atoms with Crippen molar-refractivity contribution < 1.29 is 24.2 Å². The number of benzene rings is 1. The fourth-order valence-corrected chi connectivity index (χ4v) is 2.36. The number of nitrogens with one attached hydrogen (secondary N) is 1. The van der Waals surface area contributed by atoms with Crippen LogP contribution in [0, 0.1) is 11.7 Å². The summed E-state index contributed by atoms with van der Waals surface area (Å²) in [6.45, 7) is 1.06. The summed E-state index contributed by atoms with van der Waals surface area (Å²) in [5.74, 6) is -2.13. The molecular formula is C14H17FN2O4. The molecule has 0 spiro atoms. The van der Waals surface area contributed by atoms with Gasteiger partial charge in [0.1, 0.15) is 11.4 Å². The predicted octanol–water partition coefficient (Wildman–Crippen LogP) is 1.76. The van der Waals surface area contributed by atoms with Crippen LogP contribution in [0.25, 0.3) is 0 Å². The van der Waals surface area contributed by atoms with Gasteiger partial charge in [0.05, 0.1) is 5.69 Å². The van der Waals surface area contributed by atoms with Crippen molar-refractivity contribution in [2.24, 2.45) is 5.92 Å². The van der Waals surface area contributed by atoms with E-state index in [1.807, 2.05) is 0 Å². The number of halogens is 1. The lowest BCUT2D eigenvalue weighted by molar-refractivity contribution is 0.0693. The van der Waals surface area contributed by atoms with E-state index in [4.69, 9.17) is 10.2 Å². The number of hydrogen-bond acceptors (Lipinski definition) is 3. The second kappa shape index (κ2) is 6.53. The fraction of sp³-hybridized carbons (Fsp3) is 0.429. The summed E-state index contributed by atoms with van der Waals surface area (Å²) >= 11 is 0. The van der Waals surface area contributed by atoms with Crippen LogP contribution < -0.4 is 5.32 Å². The first-order chi connectivity index (χ1) is 10.0. The summed E-state index contributed by atoms with van der Waals surface area (Å²) < 4.78 is 13.5. The largest absolute Gasteiger partial charge is 0.478 e. The summed E-state index contributed by atoms with van der Waals surface area (Å²) in [5.41, 5.74) is -0.604. The third-order valence-electron chi connectivity index (χ3n) is 3.63. The Morgan fingerprint density at radius 1 is 1.33 bits per heavy atom. The van der Waals surface area contributed by atoms with Gasteiger partial charge in [-0.2, -0.15) is 0 Å². The standard InChI is InChI=1S/C14H17FN2O4/c15-10-2-1-3-11(12(10)13(19)20)16-14(21)17-6-4-9(8-18)5-7-17/h1-3,9,18H,4-8H2,(H,16,21)(H,19,20). The predicted molar refractivity (Wildman–Crippen MR) is 73.8 cm³/mol. The van der Waals surface area contributed by atoms with Crippen LogP contribution in [0.5, 0.6) is 0 Å². The number of carbonyl (C=O) groups excluding carboxylic acids is 1. The Balaban J connectivity index is 2.07. The molecule has 2 amide bonds. The number of urea groups is 1. The maximum atomic E-state index is 13.5. The number of carboxylic acid groups (broad SMARTS) is 1. The molecule has 2 rings (SSSR count). The zero-order valence-corrected chi connectivity index (χ0v) is 11.4. The molecule has 0 aromatic heterocycles. The van der Waals surface area contributed by atoms with E-state index in [9.17, 15) is 14.0 Å². The molecule has 1 aromatic rings. The maximum absolute atomic E-state index is 13.5. The minimum absolute atomic E-state index is 0.0585. The van der Waals surface area contributed by atoms with Crippen LogP contribution in [-0.4, -0.2) is 46.8 Å². The lowest BCUT2D eigenvalue weighted by Crippen LogP contribution is -2.41. The van der Waals surface area contributed by atoms with Gasteiger partial charge in [-0.3, -0.25) is 0 Å². The summed E-state index contributed by atoms with van der Waals surface area (Å²) in [5, 5.41) is 20.5. The van der Waals surface area contributed by atoms with Crippen LogP contribution in [0.2, 0.25) is 0 Å². The molecule has 1 saturated heterocycles. The molecule has 1 aliphatic rings. The lowest BCUT2D eigenvalue weighted by atomic mass is 9.98. The smallest absolute Gasteiger partial charge is 0.340 e. The number of anilines is 1. The number of aliphatic hydroxyl groups is 1.